The van der Waals surface area contributed by atoms with Crippen LogP contribution in [0.15, 0.2) is 52.9 Å². The maximum absolute atomic E-state index is 13.3. The van der Waals surface area contributed by atoms with E-state index in [4.69, 9.17) is 13.9 Å². The van der Waals surface area contributed by atoms with Crippen molar-refractivity contribution < 1.29 is 23.5 Å². The fraction of sp³-hybridized carbons (Fsp3) is 0.360. The molecule has 1 aliphatic heterocycles. The lowest BCUT2D eigenvalue weighted by atomic mass is 9.98. The number of carbonyl (C=O) groups excluding carboxylic acids is 2. The van der Waals surface area contributed by atoms with Crippen LogP contribution >= 0.6 is 0 Å². The van der Waals surface area contributed by atoms with E-state index in [2.05, 4.69) is 6.92 Å². The van der Waals surface area contributed by atoms with E-state index in [1.807, 2.05) is 24.3 Å². The van der Waals surface area contributed by atoms with Gasteiger partial charge in [-0.1, -0.05) is 31.5 Å². The highest BCUT2D eigenvalue weighted by Gasteiger charge is 2.22. The van der Waals surface area contributed by atoms with Crippen LogP contribution in [0.3, 0.4) is 0 Å². The van der Waals surface area contributed by atoms with Gasteiger partial charge in [0.25, 0.3) is 5.91 Å². The van der Waals surface area contributed by atoms with Gasteiger partial charge in [0.1, 0.15) is 17.1 Å². The average molecular weight is 421 g/mol. The fourth-order valence-corrected chi connectivity index (χ4v) is 3.75. The van der Waals surface area contributed by atoms with E-state index >= 15 is 0 Å². The van der Waals surface area contributed by atoms with E-state index in [0.29, 0.717) is 43.2 Å². The van der Waals surface area contributed by atoms with Gasteiger partial charge in [-0.05, 0) is 36.8 Å². The van der Waals surface area contributed by atoms with Crippen LogP contribution < -0.4 is 4.74 Å². The summed E-state index contributed by atoms with van der Waals surface area (Å²) in [6.45, 7) is 4.40. The number of morpholine rings is 1. The Bertz CT molecular complexity index is 1050. The predicted molar refractivity (Wildman–Crippen MR) is 118 cm³/mol. The van der Waals surface area contributed by atoms with Crippen LogP contribution in [-0.4, -0.2) is 49.5 Å². The Morgan fingerprint density at radius 3 is 2.52 bits per heavy atom. The normalized spacial score (nSPS) is 14.0. The van der Waals surface area contributed by atoms with Crippen molar-refractivity contribution in [3.63, 3.8) is 0 Å². The minimum atomic E-state index is -0.0630. The third-order valence-corrected chi connectivity index (χ3v) is 5.50. The third-order valence-electron chi connectivity index (χ3n) is 5.50. The molecule has 0 bridgehead atoms. The molecular weight excluding hydrogens is 394 g/mol. The lowest BCUT2D eigenvalue weighted by Gasteiger charge is -2.26. The number of ketones is 1. The van der Waals surface area contributed by atoms with Crippen molar-refractivity contribution in [2.45, 2.75) is 26.2 Å². The molecule has 0 N–H and O–H groups in total. The molecule has 0 radical (unpaired) electrons. The Kier molecular flexibility index (Phi) is 6.67. The van der Waals surface area contributed by atoms with Crippen LogP contribution in [0.4, 0.5) is 0 Å². The van der Waals surface area contributed by atoms with Gasteiger partial charge >= 0.3 is 0 Å². The number of nitrogens with zero attached hydrogens (tertiary/aromatic N) is 1. The lowest BCUT2D eigenvalue weighted by molar-refractivity contribution is -0.137. The Balaban J connectivity index is 1.47. The maximum Gasteiger partial charge on any atom is 0.260 e. The molecule has 6 heteroatoms. The molecule has 0 spiro atoms. The number of aryl methyl sites for hydroxylation is 1. The molecule has 4 rings (SSSR count). The summed E-state index contributed by atoms with van der Waals surface area (Å²) in [4.78, 5) is 27.3. The first-order valence-corrected chi connectivity index (χ1v) is 10.8. The smallest absolute Gasteiger partial charge is 0.260 e. The van der Waals surface area contributed by atoms with E-state index in [0.717, 1.165) is 36.0 Å². The van der Waals surface area contributed by atoms with E-state index in [9.17, 15) is 9.59 Å². The maximum atomic E-state index is 13.3. The highest BCUT2D eigenvalue weighted by Crippen LogP contribution is 2.29. The molecule has 0 unspecified atom stereocenters. The number of rotatable bonds is 8. The molecule has 1 aliphatic rings. The van der Waals surface area contributed by atoms with Crippen molar-refractivity contribution in [1.82, 2.24) is 4.90 Å². The molecule has 3 aromatic rings. The molecule has 1 saturated heterocycles. The zero-order valence-electron chi connectivity index (χ0n) is 17.8. The molecule has 6 nitrogen and oxygen atoms in total. The summed E-state index contributed by atoms with van der Waals surface area (Å²) in [7, 11) is 0. The summed E-state index contributed by atoms with van der Waals surface area (Å²) in [6, 6.07) is 14.6. The predicted octanol–water partition coefficient (Wildman–Crippen LogP) is 4.24. The second kappa shape index (κ2) is 9.79. The summed E-state index contributed by atoms with van der Waals surface area (Å²) in [6.07, 6.45) is 2.72. The van der Waals surface area contributed by atoms with E-state index < -0.39 is 0 Å². The molecule has 1 amide bonds. The molecule has 1 aromatic heterocycles. The zero-order chi connectivity index (χ0) is 21.6. The van der Waals surface area contributed by atoms with Crippen LogP contribution in [-0.2, 0) is 16.0 Å². The number of fused-ring (bicyclic) bond motifs is 1. The quantitative estimate of drug-likeness (QED) is 0.509. The van der Waals surface area contributed by atoms with Crippen molar-refractivity contribution in [2.75, 3.05) is 32.9 Å². The second-order valence-corrected chi connectivity index (χ2v) is 7.64. The summed E-state index contributed by atoms with van der Waals surface area (Å²) in [5, 5.41) is 0.843. The van der Waals surface area contributed by atoms with Gasteiger partial charge in [-0.15, -0.1) is 0 Å². The van der Waals surface area contributed by atoms with Crippen molar-refractivity contribution in [1.29, 1.82) is 0 Å². The van der Waals surface area contributed by atoms with Crippen molar-refractivity contribution in [2.24, 2.45) is 0 Å². The first kappa shape index (κ1) is 21.1. The average Bonchev–Trinajstić information content (AvgIpc) is 3.20. The minimum Gasteiger partial charge on any atom is -0.484 e. The Morgan fingerprint density at radius 1 is 1.03 bits per heavy atom. The molecule has 31 heavy (non-hydrogen) atoms. The van der Waals surface area contributed by atoms with Gasteiger partial charge in [0.15, 0.2) is 12.4 Å². The van der Waals surface area contributed by atoms with Crippen LogP contribution in [0.2, 0.25) is 0 Å². The third kappa shape index (κ3) is 4.80. The molecule has 2 aromatic carbocycles. The largest absolute Gasteiger partial charge is 0.484 e. The minimum absolute atomic E-state index is 0.0270. The van der Waals surface area contributed by atoms with Gasteiger partial charge in [-0.25, -0.2) is 0 Å². The number of hydrogen-bond acceptors (Lipinski definition) is 5. The Hall–Kier alpha value is -3.12. The standard InChI is InChI=1S/C25H27NO5/c1-2-3-7-22-24(20-6-4-5-8-21(20)31-22)25(28)18-9-11-19(12-10-18)30-17-23(27)26-13-15-29-16-14-26/h4-6,8-12H,2-3,7,13-17H2,1H3. The van der Waals surface area contributed by atoms with E-state index in [1.54, 1.807) is 29.2 Å². The van der Waals surface area contributed by atoms with Gasteiger partial charge in [0.05, 0.1) is 18.8 Å². The van der Waals surface area contributed by atoms with Gasteiger partial charge in [-0.2, -0.15) is 0 Å². The number of amides is 1. The molecule has 0 saturated carbocycles. The van der Waals surface area contributed by atoms with E-state index in [1.165, 1.54) is 0 Å². The summed E-state index contributed by atoms with van der Waals surface area (Å²) >= 11 is 0. The Morgan fingerprint density at radius 2 is 1.77 bits per heavy atom. The summed E-state index contributed by atoms with van der Waals surface area (Å²) in [5.74, 6) is 1.17. The van der Waals surface area contributed by atoms with Gasteiger partial charge in [-0.3, -0.25) is 9.59 Å². The van der Waals surface area contributed by atoms with Gasteiger partial charge in [0, 0.05) is 30.5 Å². The highest BCUT2D eigenvalue weighted by atomic mass is 16.5. The SMILES string of the molecule is CCCCc1oc2ccccc2c1C(=O)c1ccc(OCC(=O)N2CCOCC2)cc1. The lowest BCUT2D eigenvalue weighted by Crippen LogP contribution is -2.42. The number of benzene rings is 2. The first-order chi connectivity index (χ1) is 15.2. The van der Waals surface area contributed by atoms with Crippen LogP contribution in [0.5, 0.6) is 5.75 Å². The van der Waals surface area contributed by atoms with Crippen LogP contribution in [0, 0.1) is 0 Å². The molecule has 1 fully saturated rings. The number of furan rings is 1. The number of carbonyl (C=O) groups is 2. The van der Waals surface area contributed by atoms with Gasteiger partial charge in [0.2, 0.25) is 0 Å². The highest BCUT2D eigenvalue weighted by molar-refractivity contribution is 6.16. The number of unbranched alkanes of at least 4 members (excludes halogenated alkanes) is 1. The molecule has 0 aliphatic carbocycles. The topological polar surface area (TPSA) is 69.0 Å². The monoisotopic (exact) mass is 421 g/mol. The summed E-state index contributed by atoms with van der Waals surface area (Å²) in [5.41, 5.74) is 1.94. The number of para-hydroxylation sites is 1. The second-order valence-electron chi connectivity index (χ2n) is 7.64. The first-order valence-electron chi connectivity index (χ1n) is 10.8. The van der Waals surface area contributed by atoms with Crippen LogP contribution in [0.25, 0.3) is 11.0 Å². The number of hydrogen-bond donors (Lipinski definition) is 0. The molecule has 2 heterocycles. The molecular formula is C25H27NO5. The number of ether oxygens (including phenoxy) is 2. The van der Waals surface area contributed by atoms with Crippen molar-refractivity contribution >= 4 is 22.7 Å². The van der Waals surface area contributed by atoms with E-state index in [-0.39, 0.29) is 18.3 Å². The zero-order valence-corrected chi connectivity index (χ0v) is 17.8. The summed E-state index contributed by atoms with van der Waals surface area (Å²) < 4.78 is 16.9. The van der Waals surface area contributed by atoms with Crippen molar-refractivity contribution in [3.8, 4) is 5.75 Å². The Labute approximate surface area is 181 Å². The van der Waals surface area contributed by atoms with Crippen molar-refractivity contribution in [3.05, 3.63) is 65.4 Å². The van der Waals surface area contributed by atoms with Crippen LogP contribution in [0.1, 0.15) is 41.4 Å². The fourth-order valence-electron chi connectivity index (χ4n) is 3.75. The van der Waals surface area contributed by atoms with Gasteiger partial charge < -0.3 is 18.8 Å². The molecule has 0 atom stereocenters. The molecule has 162 valence electrons.